The van der Waals surface area contributed by atoms with Crippen LogP contribution in [-0.4, -0.2) is 88.2 Å². The van der Waals surface area contributed by atoms with E-state index in [2.05, 4.69) is 31.0 Å². The van der Waals surface area contributed by atoms with Crippen LogP contribution in [0, 0.1) is 0 Å². The number of nitrogens with zero attached hydrogens (tertiary/aromatic N) is 7. The molecule has 192 valence electrons. The van der Waals surface area contributed by atoms with Crippen molar-refractivity contribution in [3.8, 4) is 0 Å². The molecule has 14 nitrogen and oxygen atoms in total. The molecule has 0 saturated carbocycles. The highest BCUT2D eigenvalue weighted by Gasteiger charge is 2.54. The van der Waals surface area contributed by atoms with Gasteiger partial charge in [0.1, 0.15) is 29.4 Å². The average Bonchev–Trinajstić information content (AvgIpc) is 3.47. The molecule has 2 amide bonds. The second kappa shape index (κ2) is 11.3. The number of nitrogens with two attached hydrogens (primary N) is 1. The van der Waals surface area contributed by atoms with E-state index in [0.29, 0.717) is 28.8 Å². The summed E-state index contributed by atoms with van der Waals surface area (Å²) in [6.45, 7) is 2.31. The number of thiazole rings is 1. The minimum Gasteiger partial charge on any atom is -0.477 e. The van der Waals surface area contributed by atoms with Crippen LogP contribution in [0.3, 0.4) is 0 Å². The Hall–Kier alpha value is -3.18. The maximum Gasteiger partial charge on any atom is 0.352 e. The van der Waals surface area contributed by atoms with E-state index in [4.69, 9.17) is 10.6 Å². The van der Waals surface area contributed by atoms with Gasteiger partial charge in [0.15, 0.2) is 10.8 Å². The first-order valence-electron chi connectivity index (χ1n) is 10.8. The fourth-order valence-corrected chi connectivity index (χ4v) is 6.30. The van der Waals surface area contributed by atoms with Gasteiger partial charge in [-0.25, -0.2) is 14.5 Å². The van der Waals surface area contributed by atoms with Gasteiger partial charge >= 0.3 is 5.97 Å². The number of hydrogen-bond donors (Lipinski definition) is 3. The first-order valence-corrected chi connectivity index (χ1v) is 13.7. The number of carbonyl (C=O) groups excluding carboxylic acids is 2. The molecular weight excluding hydrogens is 530 g/mol. The molecule has 0 aliphatic carbocycles. The number of unbranched alkanes of at least 4 members (excludes halogenated alkanes) is 1. The number of nitrogen functional groups attached to an aromatic ring is 1. The number of oxime groups is 1. The van der Waals surface area contributed by atoms with Gasteiger partial charge in [0.25, 0.3) is 11.8 Å². The van der Waals surface area contributed by atoms with Crippen LogP contribution in [0.25, 0.3) is 0 Å². The lowest BCUT2D eigenvalue weighted by atomic mass is 10.0. The van der Waals surface area contributed by atoms with Crippen molar-refractivity contribution >= 4 is 63.5 Å². The summed E-state index contributed by atoms with van der Waals surface area (Å²) in [5.41, 5.74) is 6.32. The number of anilines is 1. The van der Waals surface area contributed by atoms with Crippen LogP contribution in [0.1, 0.15) is 25.5 Å². The number of β-lactam (4-membered cyclic amide) rings is 1. The molecule has 0 bridgehead atoms. The van der Waals surface area contributed by atoms with Crippen molar-refractivity contribution in [1.29, 1.82) is 0 Å². The quantitative estimate of drug-likeness (QED) is 0.114. The Morgan fingerprint density at radius 1 is 1.44 bits per heavy atom. The summed E-state index contributed by atoms with van der Waals surface area (Å²) in [5.74, 6) is -1.73. The lowest BCUT2D eigenvalue weighted by molar-refractivity contribution is -0.150. The number of hydrogen-bond acceptors (Lipinski definition) is 13. The predicted octanol–water partition coefficient (Wildman–Crippen LogP) is 0.301. The molecule has 17 heteroatoms. The average molecular weight is 554 g/mol. The summed E-state index contributed by atoms with van der Waals surface area (Å²) in [6.07, 6.45) is 1.64. The summed E-state index contributed by atoms with van der Waals surface area (Å²) in [6, 6.07) is -0.925. The third kappa shape index (κ3) is 5.31. The number of amides is 2. The van der Waals surface area contributed by atoms with E-state index < -0.39 is 29.2 Å². The molecular formula is C19H23N9O5S3. The largest absolute Gasteiger partial charge is 0.477 e. The van der Waals surface area contributed by atoms with Gasteiger partial charge in [-0.05, 0) is 22.4 Å². The van der Waals surface area contributed by atoms with Gasteiger partial charge in [-0.15, -0.1) is 28.2 Å². The molecule has 2 aliphatic heterocycles. The molecule has 1 unspecified atom stereocenters. The monoisotopic (exact) mass is 553 g/mol. The lowest BCUT2D eigenvalue weighted by Gasteiger charge is -2.49. The number of fused-ring (bicyclic) bond motifs is 1. The standard InChI is InChI=1S/C19H23N9O5S3/c1-3-4-5-33-24-11(10-8-35-18(20)21-10)14(29)22-12-15(30)28-13(17(31)32)9(6-34-16(12)28)7-36-19-23-25-26-27(19)2/h8,12,16H,3-7H2,1-2H3,(H2,20,21)(H,22,29)(H,31,32)/t12?,16-/m0/s1. The molecule has 0 spiro atoms. The Morgan fingerprint density at radius 3 is 2.89 bits per heavy atom. The highest BCUT2D eigenvalue weighted by atomic mass is 32.2. The molecule has 2 aromatic rings. The molecule has 2 aliphatic rings. The summed E-state index contributed by atoms with van der Waals surface area (Å²) < 4.78 is 1.48. The smallest absolute Gasteiger partial charge is 0.352 e. The van der Waals surface area contributed by atoms with Gasteiger partial charge in [0.05, 0.1) is 0 Å². The topological polar surface area (TPSA) is 191 Å². The highest BCUT2D eigenvalue weighted by Crippen LogP contribution is 2.41. The van der Waals surface area contributed by atoms with Crippen LogP contribution in [0.4, 0.5) is 5.13 Å². The van der Waals surface area contributed by atoms with Crippen molar-refractivity contribution in [3.05, 3.63) is 22.3 Å². The number of aliphatic carboxylic acids is 1. The summed E-state index contributed by atoms with van der Waals surface area (Å²) in [4.78, 5) is 48.7. The van der Waals surface area contributed by atoms with Crippen LogP contribution in [0.15, 0.2) is 27.0 Å². The number of aromatic nitrogens is 5. The Balaban J connectivity index is 1.48. The maximum atomic E-state index is 13.1. The second-order valence-electron chi connectivity index (χ2n) is 7.69. The Labute approximate surface area is 217 Å². The Bertz CT molecular complexity index is 1230. The summed E-state index contributed by atoms with van der Waals surface area (Å²) >= 11 is 3.78. The predicted molar refractivity (Wildman–Crippen MR) is 133 cm³/mol. The van der Waals surface area contributed by atoms with E-state index in [1.807, 2.05) is 6.92 Å². The normalized spacial score (nSPS) is 19.7. The summed E-state index contributed by atoms with van der Waals surface area (Å²) in [7, 11) is 1.68. The van der Waals surface area contributed by atoms with Crippen LogP contribution in [0.5, 0.6) is 0 Å². The molecule has 1 saturated heterocycles. The van der Waals surface area contributed by atoms with Crippen molar-refractivity contribution in [2.75, 3.05) is 23.8 Å². The molecule has 4 N–H and O–H groups in total. The third-order valence-electron chi connectivity index (χ3n) is 5.22. The van der Waals surface area contributed by atoms with Gasteiger partial charge in [-0.2, -0.15) is 0 Å². The van der Waals surface area contributed by atoms with E-state index in [0.717, 1.165) is 24.2 Å². The molecule has 0 aromatic carbocycles. The van der Waals surface area contributed by atoms with Crippen molar-refractivity contribution < 1.29 is 24.3 Å². The number of tetrazole rings is 1. The zero-order valence-corrected chi connectivity index (χ0v) is 21.7. The van der Waals surface area contributed by atoms with Gasteiger partial charge in [-0.1, -0.05) is 30.3 Å². The number of nitrogens with one attached hydrogen (secondary N) is 1. The molecule has 4 heterocycles. The second-order valence-corrected chi connectivity index (χ2v) is 10.6. The van der Waals surface area contributed by atoms with E-state index >= 15 is 0 Å². The Morgan fingerprint density at radius 2 is 2.25 bits per heavy atom. The van der Waals surface area contributed by atoms with Gasteiger partial charge in [0, 0.05) is 23.9 Å². The zero-order chi connectivity index (χ0) is 25.8. The van der Waals surface area contributed by atoms with Gasteiger partial charge in [-0.3, -0.25) is 14.5 Å². The lowest BCUT2D eigenvalue weighted by Crippen LogP contribution is -2.71. The minimum atomic E-state index is -1.21. The van der Waals surface area contributed by atoms with E-state index in [1.165, 1.54) is 33.1 Å². The number of carboxylic acid groups (broad SMARTS) is 1. The number of carbonyl (C=O) groups is 3. The van der Waals surface area contributed by atoms with Gasteiger partial charge in [0.2, 0.25) is 5.16 Å². The maximum absolute atomic E-state index is 13.1. The van der Waals surface area contributed by atoms with Crippen molar-refractivity contribution in [1.82, 2.24) is 35.4 Å². The summed E-state index contributed by atoms with van der Waals surface area (Å²) in [5, 5.41) is 29.4. The first-order chi connectivity index (χ1) is 17.3. The van der Waals surface area contributed by atoms with E-state index in [1.54, 1.807) is 12.4 Å². The zero-order valence-electron chi connectivity index (χ0n) is 19.3. The van der Waals surface area contributed by atoms with Crippen molar-refractivity contribution in [3.63, 3.8) is 0 Å². The number of carboxylic acids is 1. The number of rotatable bonds is 11. The molecule has 1 fully saturated rings. The molecule has 0 radical (unpaired) electrons. The third-order valence-corrected chi connectivity index (χ3v) is 8.33. The van der Waals surface area contributed by atoms with E-state index in [-0.39, 0.29) is 22.2 Å². The van der Waals surface area contributed by atoms with Crippen LogP contribution in [-0.2, 0) is 26.3 Å². The SMILES string of the molecule is CCCCON=C(C(=O)NC1C(=O)N2C(C(=O)O)=C(CSc3nnnn3C)CS[C@@H]12)c1csc(N)n1. The molecule has 2 atom stereocenters. The Kier molecular flexibility index (Phi) is 8.10. The van der Waals surface area contributed by atoms with Crippen LogP contribution >= 0.6 is 34.9 Å². The number of thioether (sulfide) groups is 2. The molecule has 4 rings (SSSR count). The first kappa shape index (κ1) is 25.9. The van der Waals surface area contributed by atoms with Crippen molar-refractivity contribution in [2.24, 2.45) is 12.2 Å². The van der Waals surface area contributed by atoms with Crippen LogP contribution in [0.2, 0.25) is 0 Å². The van der Waals surface area contributed by atoms with Crippen molar-refractivity contribution in [2.45, 2.75) is 36.3 Å². The van der Waals surface area contributed by atoms with E-state index in [9.17, 15) is 19.5 Å². The molecule has 36 heavy (non-hydrogen) atoms. The highest BCUT2D eigenvalue weighted by molar-refractivity contribution is 8.01. The number of aryl methyl sites for hydroxylation is 1. The molecule has 2 aromatic heterocycles. The fraction of sp³-hybridized carbons (Fsp3) is 0.474. The minimum absolute atomic E-state index is 0.0825. The van der Waals surface area contributed by atoms with Crippen LogP contribution < -0.4 is 11.1 Å². The van der Waals surface area contributed by atoms with Gasteiger partial charge < -0.3 is 21.0 Å². The fourth-order valence-electron chi connectivity index (χ4n) is 3.42.